The Morgan fingerprint density at radius 1 is 1.50 bits per heavy atom. The van der Waals surface area contributed by atoms with E-state index < -0.39 is 0 Å². The van der Waals surface area contributed by atoms with Crippen LogP contribution in [0.3, 0.4) is 0 Å². The van der Waals surface area contributed by atoms with Crippen LogP contribution in [0.1, 0.15) is 37.8 Å². The van der Waals surface area contributed by atoms with Crippen molar-refractivity contribution in [3.63, 3.8) is 0 Å². The molecule has 1 aromatic rings. The van der Waals surface area contributed by atoms with Gasteiger partial charge in [0.05, 0.1) is 4.92 Å². The van der Waals surface area contributed by atoms with Gasteiger partial charge in [-0.15, -0.1) is 0 Å². The summed E-state index contributed by atoms with van der Waals surface area (Å²) in [5, 5.41) is 11.1. The molecule has 0 N–H and O–H groups in total. The Balaban J connectivity index is 2.30. The van der Waals surface area contributed by atoms with Crippen molar-refractivity contribution in [1.82, 2.24) is 0 Å². The van der Waals surface area contributed by atoms with Crippen molar-refractivity contribution in [1.29, 1.82) is 0 Å². The summed E-state index contributed by atoms with van der Waals surface area (Å²) >= 11 is 0. The number of hydrogen-bond donors (Lipinski definition) is 0. The van der Waals surface area contributed by atoms with E-state index in [0.29, 0.717) is 12.1 Å². The lowest BCUT2D eigenvalue weighted by Gasteiger charge is -2.27. The van der Waals surface area contributed by atoms with Crippen LogP contribution in [0, 0.1) is 16.0 Å². The van der Waals surface area contributed by atoms with Gasteiger partial charge in [0.25, 0.3) is 0 Å². The van der Waals surface area contributed by atoms with E-state index in [9.17, 15) is 10.1 Å². The van der Waals surface area contributed by atoms with Crippen LogP contribution in [0.15, 0.2) is 23.9 Å². The Morgan fingerprint density at radius 2 is 2.25 bits per heavy atom. The topological polar surface area (TPSA) is 46.4 Å². The van der Waals surface area contributed by atoms with Gasteiger partial charge in [-0.25, -0.2) is 0 Å². The third kappa shape index (κ3) is 3.38. The first-order valence-electron chi connectivity index (χ1n) is 7.16. The van der Waals surface area contributed by atoms with Crippen LogP contribution in [-0.2, 0) is 6.42 Å². The summed E-state index contributed by atoms with van der Waals surface area (Å²) in [6.07, 6.45) is 4.42. The van der Waals surface area contributed by atoms with Gasteiger partial charge < -0.3 is 4.90 Å². The lowest BCUT2D eigenvalue weighted by Crippen LogP contribution is -2.24. The molecule has 0 bridgehead atoms. The van der Waals surface area contributed by atoms with Gasteiger partial charge in [0.1, 0.15) is 0 Å². The summed E-state index contributed by atoms with van der Waals surface area (Å²) in [5.41, 5.74) is 3.77. The number of fused-ring (bicyclic) bond motifs is 1. The second-order valence-electron chi connectivity index (χ2n) is 5.90. The minimum Gasteiger partial charge on any atom is -0.374 e. The molecule has 0 unspecified atom stereocenters. The summed E-state index contributed by atoms with van der Waals surface area (Å²) in [4.78, 5) is 13.1. The smallest absolute Gasteiger partial charge is 0.247 e. The van der Waals surface area contributed by atoms with Gasteiger partial charge >= 0.3 is 0 Å². The van der Waals surface area contributed by atoms with Gasteiger partial charge in [0, 0.05) is 31.8 Å². The fraction of sp³-hybridized carbons (Fsp3) is 0.500. The van der Waals surface area contributed by atoms with Crippen molar-refractivity contribution >= 4 is 11.8 Å². The number of rotatable bonds is 4. The highest BCUT2D eigenvalue weighted by Crippen LogP contribution is 2.28. The lowest BCUT2D eigenvalue weighted by atomic mass is 9.98. The van der Waals surface area contributed by atoms with E-state index in [0.717, 1.165) is 24.9 Å². The van der Waals surface area contributed by atoms with Crippen molar-refractivity contribution in [2.75, 3.05) is 18.5 Å². The Labute approximate surface area is 120 Å². The summed E-state index contributed by atoms with van der Waals surface area (Å²) in [6.45, 7) is 5.08. The minimum atomic E-state index is -0.258. The number of aryl methyl sites for hydroxylation is 1. The molecule has 1 aromatic carbocycles. The molecule has 0 saturated heterocycles. The first-order chi connectivity index (χ1) is 9.47. The predicted molar refractivity (Wildman–Crippen MR) is 82.5 cm³/mol. The number of allylic oxidation sites excluding steroid dienone is 1. The van der Waals surface area contributed by atoms with Gasteiger partial charge in [0.2, 0.25) is 5.70 Å². The van der Waals surface area contributed by atoms with Crippen molar-refractivity contribution in [3.05, 3.63) is 45.1 Å². The van der Waals surface area contributed by atoms with E-state index in [1.165, 1.54) is 11.3 Å². The fourth-order valence-electron chi connectivity index (χ4n) is 2.69. The normalized spacial score (nSPS) is 15.4. The molecule has 4 heteroatoms. The molecule has 0 aliphatic carbocycles. The van der Waals surface area contributed by atoms with E-state index in [4.69, 9.17) is 0 Å². The summed E-state index contributed by atoms with van der Waals surface area (Å²) in [5.74, 6) is 0.287. The molecule has 1 aliphatic rings. The minimum absolute atomic E-state index is 0.258. The molecule has 1 heterocycles. The third-order valence-corrected chi connectivity index (χ3v) is 3.64. The van der Waals surface area contributed by atoms with Gasteiger partial charge in [0.15, 0.2) is 0 Å². The molecule has 2 rings (SSSR count). The van der Waals surface area contributed by atoms with Crippen LogP contribution in [0.4, 0.5) is 5.69 Å². The van der Waals surface area contributed by atoms with Crippen LogP contribution in [0.2, 0.25) is 0 Å². The van der Waals surface area contributed by atoms with Crippen molar-refractivity contribution in [2.24, 2.45) is 5.92 Å². The standard InChI is InChI=1S/C16H22N2O2/c1-12(2)9-15(18(19)20)11-13-6-7-16-14(10-13)5-4-8-17(16)3/h6-7,10-12H,4-5,8-9H2,1-3H3. The Bertz CT molecular complexity index is 535. The van der Waals surface area contributed by atoms with Gasteiger partial charge in [-0.2, -0.15) is 0 Å². The molecular formula is C16H22N2O2. The second-order valence-corrected chi connectivity index (χ2v) is 5.90. The maximum Gasteiger partial charge on any atom is 0.247 e. The molecule has 1 aliphatic heterocycles. The average Bonchev–Trinajstić information content (AvgIpc) is 2.37. The maximum absolute atomic E-state index is 11.1. The molecule has 0 atom stereocenters. The molecule has 4 nitrogen and oxygen atoms in total. The zero-order valence-corrected chi connectivity index (χ0v) is 12.4. The van der Waals surface area contributed by atoms with E-state index in [2.05, 4.69) is 24.1 Å². The van der Waals surface area contributed by atoms with Crippen LogP contribution in [0.5, 0.6) is 0 Å². The molecule has 0 fully saturated rings. The fourth-order valence-corrected chi connectivity index (χ4v) is 2.69. The molecule has 0 spiro atoms. The van der Waals surface area contributed by atoms with Crippen molar-refractivity contribution in [3.8, 4) is 0 Å². The van der Waals surface area contributed by atoms with E-state index in [1.54, 1.807) is 6.08 Å². The zero-order valence-electron chi connectivity index (χ0n) is 12.4. The predicted octanol–water partition coefficient (Wildman–Crippen LogP) is 3.73. The number of nitrogens with zero attached hydrogens (tertiary/aromatic N) is 2. The molecule has 0 aromatic heterocycles. The van der Waals surface area contributed by atoms with Gasteiger partial charge in [-0.05, 0) is 42.0 Å². The summed E-state index contributed by atoms with van der Waals surface area (Å²) in [7, 11) is 2.09. The van der Waals surface area contributed by atoms with E-state index in [1.807, 2.05) is 19.9 Å². The molecular weight excluding hydrogens is 252 g/mol. The first kappa shape index (κ1) is 14.6. The van der Waals surface area contributed by atoms with Crippen molar-refractivity contribution < 1.29 is 4.92 Å². The van der Waals surface area contributed by atoms with Crippen LogP contribution < -0.4 is 4.90 Å². The second kappa shape index (κ2) is 6.07. The molecule has 20 heavy (non-hydrogen) atoms. The molecule has 108 valence electrons. The largest absolute Gasteiger partial charge is 0.374 e. The highest BCUT2D eigenvalue weighted by Gasteiger charge is 2.16. The SMILES string of the molecule is CC(C)CC(=Cc1ccc2c(c1)CCCN2C)[N+](=O)[O-]. The highest BCUT2D eigenvalue weighted by atomic mass is 16.6. The maximum atomic E-state index is 11.1. The highest BCUT2D eigenvalue weighted by molar-refractivity contribution is 5.62. The van der Waals surface area contributed by atoms with Gasteiger partial charge in [-0.1, -0.05) is 19.9 Å². The van der Waals surface area contributed by atoms with Crippen molar-refractivity contribution in [2.45, 2.75) is 33.1 Å². The van der Waals surface area contributed by atoms with E-state index >= 15 is 0 Å². The Hall–Kier alpha value is -1.84. The Kier molecular flexibility index (Phi) is 4.42. The van der Waals surface area contributed by atoms with Crippen LogP contribution in [0.25, 0.3) is 6.08 Å². The molecule has 0 amide bonds. The van der Waals surface area contributed by atoms with Crippen LogP contribution >= 0.6 is 0 Å². The average molecular weight is 274 g/mol. The van der Waals surface area contributed by atoms with Crippen LogP contribution in [-0.4, -0.2) is 18.5 Å². The van der Waals surface area contributed by atoms with Gasteiger partial charge in [-0.3, -0.25) is 10.1 Å². The lowest BCUT2D eigenvalue weighted by molar-refractivity contribution is -0.427. The number of hydrogen-bond acceptors (Lipinski definition) is 3. The monoisotopic (exact) mass is 274 g/mol. The summed E-state index contributed by atoms with van der Waals surface area (Å²) in [6, 6.07) is 6.15. The number of benzene rings is 1. The number of anilines is 1. The first-order valence-corrected chi connectivity index (χ1v) is 7.16. The molecule has 0 saturated carbocycles. The van der Waals surface area contributed by atoms with E-state index in [-0.39, 0.29) is 10.8 Å². The quantitative estimate of drug-likeness (QED) is 0.620. The number of nitro groups is 1. The summed E-state index contributed by atoms with van der Waals surface area (Å²) < 4.78 is 0. The molecule has 0 radical (unpaired) electrons. The third-order valence-electron chi connectivity index (χ3n) is 3.64. The Morgan fingerprint density at radius 3 is 2.90 bits per heavy atom. The zero-order chi connectivity index (χ0) is 14.7.